The fourth-order valence-electron chi connectivity index (χ4n) is 1.86. The summed E-state index contributed by atoms with van der Waals surface area (Å²) in [5.74, 6) is -0.238. The van der Waals surface area contributed by atoms with Crippen molar-refractivity contribution < 1.29 is 14.5 Å². The molecule has 1 amide bonds. The zero-order valence-electron chi connectivity index (χ0n) is 10.7. The van der Waals surface area contributed by atoms with E-state index >= 15 is 0 Å². The Kier molecular flexibility index (Phi) is 4.26. The first-order valence-corrected chi connectivity index (χ1v) is 6.12. The first-order chi connectivity index (χ1) is 9.19. The van der Waals surface area contributed by atoms with Crippen LogP contribution in [-0.2, 0) is 0 Å². The van der Waals surface area contributed by atoms with Gasteiger partial charge in [0.25, 0.3) is 0 Å². The summed E-state index contributed by atoms with van der Waals surface area (Å²) in [5, 5.41) is 4.93. The number of hydrogen-bond donors (Lipinski definition) is 2. The van der Waals surface area contributed by atoms with Crippen molar-refractivity contribution in [3.63, 3.8) is 0 Å². The molecule has 2 aromatic carbocycles. The van der Waals surface area contributed by atoms with Gasteiger partial charge < -0.3 is 5.32 Å². The predicted molar refractivity (Wildman–Crippen MR) is 74.5 cm³/mol. The summed E-state index contributed by atoms with van der Waals surface area (Å²) in [6.07, 6.45) is 1.02. The molecule has 0 heterocycles. The number of anilines is 1. The Labute approximate surface area is 111 Å². The third-order valence-electron chi connectivity index (χ3n) is 2.93. The summed E-state index contributed by atoms with van der Waals surface area (Å²) in [5.41, 5.74) is 2.95. The Morgan fingerprint density at radius 3 is 2.32 bits per heavy atom. The third kappa shape index (κ3) is 3.63. The number of benzene rings is 2. The van der Waals surface area contributed by atoms with E-state index in [1.807, 2.05) is 31.2 Å². The number of quaternary nitrogens is 1. The quantitative estimate of drug-likeness (QED) is 0.484. The molecule has 4 N–H and O–H groups in total. The molecule has 0 spiro atoms. The van der Waals surface area contributed by atoms with Crippen molar-refractivity contribution in [3.8, 4) is 0 Å². The van der Waals surface area contributed by atoms with Gasteiger partial charge in [0.2, 0.25) is 0 Å². The van der Waals surface area contributed by atoms with Crippen LogP contribution in [0, 0.1) is 5.82 Å². The van der Waals surface area contributed by atoms with E-state index < -0.39 is 0 Å². The minimum absolute atomic E-state index is 0.123. The summed E-state index contributed by atoms with van der Waals surface area (Å²) < 4.78 is 12.8. The second kappa shape index (κ2) is 6.11. The zero-order valence-corrected chi connectivity index (χ0v) is 10.7. The van der Waals surface area contributed by atoms with Crippen LogP contribution in [0.15, 0.2) is 48.5 Å². The molecule has 19 heavy (non-hydrogen) atoms. The lowest BCUT2D eigenvalue weighted by Crippen LogP contribution is -2.76. The number of hydrogen-bond acceptors (Lipinski definition) is 1. The minimum Gasteiger partial charge on any atom is -0.379 e. The molecule has 0 aliphatic heterocycles. The molecule has 0 radical (unpaired) electrons. The number of rotatable bonds is 5. The SMILES string of the molecule is CC(Nc1ccc(F)cc1)c1ccc([NH2+]C=[OH+])cc1. The Balaban J connectivity index is 2.04. The lowest BCUT2D eigenvalue weighted by molar-refractivity contribution is -0.439. The van der Waals surface area contributed by atoms with Crippen LogP contribution < -0.4 is 10.6 Å². The molecule has 1 atom stereocenters. The fourth-order valence-corrected chi connectivity index (χ4v) is 1.86. The number of nitrogens with one attached hydrogen (secondary N) is 1. The number of amides is 1. The van der Waals surface area contributed by atoms with E-state index in [4.69, 9.17) is 4.79 Å². The van der Waals surface area contributed by atoms with Crippen LogP contribution in [-0.4, -0.2) is 11.2 Å². The predicted octanol–water partition coefficient (Wildman–Crippen LogP) is 2.33. The van der Waals surface area contributed by atoms with Gasteiger partial charge in [0, 0.05) is 11.7 Å². The normalized spacial score (nSPS) is 11.9. The van der Waals surface area contributed by atoms with Gasteiger partial charge in [-0.05, 0) is 48.9 Å². The molecule has 0 aliphatic rings. The maximum Gasteiger partial charge on any atom is 0.471 e. The van der Waals surface area contributed by atoms with Gasteiger partial charge in [0.05, 0.1) is 0 Å². The highest BCUT2D eigenvalue weighted by Gasteiger charge is 2.06. The van der Waals surface area contributed by atoms with Gasteiger partial charge >= 0.3 is 6.41 Å². The van der Waals surface area contributed by atoms with E-state index in [1.54, 1.807) is 17.4 Å². The molecular weight excluding hydrogens is 243 g/mol. The molecule has 0 bridgehead atoms. The molecule has 2 aromatic rings. The average molecular weight is 260 g/mol. The van der Waals surface area contributed by atoms with E-state index in [2.05, 4.69) is 5.32 Å². The summed E-state index contributed by atoms with van der Waals surface area (Å²) in [7, 11) is 0. The highest BCUT2D eigenvalue weighted by Crippen LogP contribution is 2.20. The molecule has 0 saturated carbocycles. The first kappa shape index (κ1) is 13.2. The van der Waals surface area contributed by atoms with Gasteiger partial charge in [-0.2, -0.15) is 0 Å². The van der Waals surface area contributed by atoms with Crippen LogP contribution in [0.3, 0.4) is 0 Å². The Morgan fingerprint density at radius 2 is 1.74 bits per heavy atom. The second-order valence-corrected chi connectivity index (χ2v) is 4.36. The summed E-state index contributed by atoms with van der Waals surface area (Å²) in [4.78, 5) is 8.69. The molecule has 0 fully saturated rings. The fraction of sp³-hybridized carbons (Fsp3) is 0.133. The number of carbonyl (C=O) groups excluding carboxylic acids is 1. The van der Waals surface area contributed by atoms with E-state index in [1.165, 1.54) is 12.1 Å². The largest absolute Gasteiger partial charge is 0.471 e. The van der Waals surface area contributed by atoms with E-state index in [-0.39, 0.29) is 11.9 Å². The third-order valence-corrected chi connectivity index (χ3v) is 2.93. The molecule has 0 saturated heterocycles. The molecular formula is C15H17FN2O+2. The van der Waals surface area contributed by atoms with Crippen molar-refractivity contribution in [3.05, 3.63) is 59.9 Å². The number of primary amides is 1. The Hall–Kier alpha value is -2.20. The maximum absolute atomic E-state index is 12.8. The van der Waals surface area contributed by atoms with Crippen molar-refractivity contribution in [2.75, 3.05) is 5.32 Å². The van der Waals surface area contributed by atoms with Crippen molar-refractivity contribution in [1.29, 1.82) is 0 Å². The molecule has 2 rings (SSSR count). The second-order valence-electron chi connectivity index (χ2n) is 4.36. The van der Waals surface area contributed by atoms with E-state index in [9.17, 15) is 4.39 Å². The minimum atomic E-state index is -0.238. The summed E-state index contributed by atoms with van der Waals surface area (Å²) in [6, 6.07) is 14.3. The molecule has 0 aromatic heterocycles. The standard InChI is InChI=1S/C15H15FN2O/c1-11(18-15-8-4-13(16)5-9-15)12-2-6-14(7-3-12)17-10-19/h2-11,18H,1H3,(H,17,19)/p+2. The van der Waals surface area contributed by atoms with Crippen LogP contribution >= 0.6 is 0 Å². The molecule has 98 valence electrons. The molecule has 1 unspecified atom stereocenters. The lowest BCUT2D eigenvalue weighted by Gasteiger charge is -2.15. The van der Waals surface area contributed by atoms with Crippen molar-refractivity contribution >= 4 is 17.8 Å². The first-order valence-electron chi connectivity index (χ1n) is 6.12. The molecule has 3 nitrogen and oxygen atoms in total. The highest BCUT2D eigenvalue weighted by molar-refractivity contribution is 5.47. The van der Waals surface area contributed by atoms with Crippen LogP contribution in [0.1, 0.15) is 18.5 Å². The van der Waals surface area contributed by atoms with Gasteiger partial charge in [-0.1, -0.05) is 12.1 Å². The van der Waals surface area contributed by atoms with Crippen LogP contribution in [0.4, 0.5) is 15.8 Å². The Bertz CT molecular complexity index is 537. The monoisotopic (exact) mass is 260 g/mol. The van der Waals surface area contributed by atoms with Crippen molar-refractivity contribution in [2.24, 2.45) is 0 Å². The smallest absolute Gasteiger partial charge is 0.379 e. The zero-order chi connectivity index (χ0) is 13.7. The van der Waals surface area contributed by atoms with Gasteiger partial charge in [-0.15, -0.1) is 0 Å². The van der Waals surface area contributed by atoms with Crippen molar-refractivity contribution in [1.82, 2.24) is 0 Å². The maximum atomic E-state index is 12.8. The van der Waals surface area contributed by atoms with Crippen LogP contribution in [0.25, 0.3) is 0 Å². The average Bonchev–Trinajstić information content (AvgIpc) is 2.42. The highest BCUT2D eigenvalue weighted by atomic mass is 19.1. The summed E-state index contributed by atoms with van der Waals surface area (Å²) in [6.45, 7) is 2.04. The number of halogens is 1. The van der Waals surface area contributed by atoms with E-state index in [0.717, 1.165) is 23.3 Å². The van der Waals surface area contributed by atoms with Gasteiger partial charge in [0.15, 0.2) is 0 Å². The van der Waals surface area contributed by atoms with Gasteiger partial charge in [0.1, 0.15) is 11.5 Å². The van der Waals surface area contributed by atoms with E-state index in [0.29, 0.717) is 0 Å². The topological polar surface area (TPSA) is 50.0 Å². The van der Waals surface area contributed by atoms with Crippen LogP contribution in [0.2, 0.25) is 0 Å². The molecule has 0 aliphatic carbocycles. The number of nitrogens with two attached hydrogens (primary N) is 1. The molecule has 4 heteroatoms. The van der Waals surface area contributed by atoms with Crippen LogP contribution in [0.5, 0.6) is 0 Å². The Morgan fingerprint density at radius 1 is 1.11 bits per heavy atom. The summed E-state index contributed by atoms with van der Waals surface area (Å²) >= 11 is 0. The van der Waals surface area contributed by atoms with Crippen molar-refractivity contribution in [2.45, 2.75) is 13.0 Å². The van der Waals surface area contributed by atoms with Gasteiger partial charge in [-0.25, -0.2) is 14.5 Å². The van der Waals surface area contributed by atoms with Gasteiger partial charge in [-0.3, -0.25) is 0 Å². The lowest BCUT2D eigenvalue weighted by atomic mass is 10.1.